The molecule has 1 aromatic carbocycles. The minimum atomic E-state index is -0.638. The molecule has 0 saturated carbocycles. The standard InChI is InChI=1S/C11H9N3O4/c12-5-6-1-3-8(14(17)18)10(11(6)16)7-2-4-9(15)13-7/h1,3,7,16H,2,4H2,(H,13,15)/t7-/m0/s1. The first-order chi connectivity index (χ1) is 8.54. The van der Waals surface area contributed by atoms with Crippen molar-refractivity contribution in [3.63, 3.8) is 0 Å². The molecule has 0 bridgehead atoms. The highest BCUT2D eigenvalue weighted by molar-refractivity contribution is 5.79. The van der Waals surface area contributed by atoms with Crippen molar-refractivity contribution in [2.75, 3.05) is 0 Å². The van der Waals surface area contributed by atoms with Crippen molar-refractivity contribution in [1.82, 2.24) is 5.32 Å². The highest BCUT2D eigenvalue weighted by Crippen LogP contribution is 2.39. The molecule has 0 aliphatic carbocycles. The largest absolute Gasteiger partial charge is 0.506 e. The highest BCUT2D eigenvalue weighted by Gasteiger charge is 2.32. The first kappa shape index (κ1) is 11.9. The third-order valence-corrected chi connectivity index (χ3v) is 2.85. The summed E-state index contributed by atoms with van der Waals surface area (Å²) in [4.78, 5) is 21.4. The van der Waals surface area contributed by atoms with E-state index in [9.17, 15) is 20.0 Å². The Morgan fingerprint density at radius 3 is 2.78 bits per heavy atom. The van der Waals surface area contributed by atoms with Gasteiger partial charge in [0.15, 0.2) is 0 Å². The zero-order valence-electron chi connectivity index (χ0n) is 9.21. The number of phenolic OH excluding ortho intramolecular Hbond substituents is 1. The average Bonchev–Trinajstić information content (AvgIpc) is 2.74. The molecular weight excluding hydrogens is 238 g/mol. The Hall–Kier alpha value is -2.62. The molecule has 0 aromatic heterocycles. The number of carbonyl (C=O) groups is 1. The van der Waals surface area contributed by atoms with Crippen LogP contribution >= 0.6 is 0 Å². The number of phenols is 1. The van der Waals surface area contributed by atoms with Gasteiger partial charge in [-0.15, -0.1) is 0 Å². The normalized spacial score (nSPS) is 18.2. The van der Waals surface area contributed by atoms with Gasteiger partial charge in [-0.2, -0.15) is 5.26 Å². The molecule has 2 rings (SSSR count). The molecule has 18 heavy (non-hydrogen) atoms. The topological polar surface area (TPSA) is 116 Å². The van der Waals surface area contributed by atoms with Crippen LogP contribution < -0.4 is 5.32 Å². The predicted octanol–water partition coefficient (Wildman–Crippen LogP) is 1.12. The molecule has 1 amide bonds. The number of hydrogen-bond donors (Lipinski definition) is 2. The molecule has 7 nitrogen and oxygen atoms in total. The van der Waals surface area contributed by atoms with Crippen LogP contribution in [0.25, 0.3) is 0 Å². The summed E-state index contributed by atoms with van der Waals surface area (Å²) < 4.78 is 0. The van der Waals surface area contributed by atoms with Gasteiger partial charge in [0, 0.05) is 12.5 Å². The van der Waals surface area contributed by atoms with Gasteiger partial charge in [0.2, 0.25) is 5.91 Å². The third kappa shape index (κ3) is 1.84. The first-order valence-corrected chi connectivity index (χ1v) is 5.24. The molecule has 1 fully saturated rings. The number of benzene rings is 1. The predicted molar refractivity (Wildman–Crippen MR) is 59.6 cm³/mol. The third-order valence-electron chi connectivity index (χ3n) is 2.85. The lowest BCUT2D eigenvalue weighted by atomic mass is 9.99. The number of nitriles is 1. The number of nitrogens with one attached hydrogen (secondary N) is 1. The van der Waals surface area contributed by atoms with Crippen LogP contribution in [-0.4, -0.2) is 15.9 Å². The van der Waals surface area contributed by atoms with Gasteiger partial charge in [-0.25, -0.2) is 0 Å². The maximum atomic E-state index is 11.1. The van der Waals surface area contributed by atoms with Crippen molar-refractivity contribution in [3.8, 4) is 11.8 Å². The maximum Gasteiger partial charge on any atom is 0.278 e. The van der Waals surface area contributed by atoms with Gasteiger partial charge in [0.05, 0.1) is 22.1 Å². The van der Waals surface area contributed by atoms with Crippen LogP contribution in [0.4, 0.5) is 5.69 Å². The fraction of sp³-hybridized carbons (Fsp3) is 0.273. The number of nitro benzene ring substituents is 1. The second kappa shape index (κ2) is 4.33. The van der Waals surface area contributed by atoms with Gasteiger partial charge in [0.25, 0.3) is 5.69 Å². The number of carbonyl (C=O) groups excluding carboxylic acids is 1. The van der Waals surface area contributed by atoms with Crippen LogP contribution in [0, 0.1) is 21.4 Å². The van der Waals surface area contributed by atoms with Crippen LogP contribution in [-0.2, 0) is 4.79 Å². The van der Waals surface area contributed by atoms with Crippen molar-refractivity contribution in [1.29, 1.82) is 5.26 Å². The van der Waals surface area contributed by atoms with E-state index in [1.54, 1.807) is 6.07 Å². The minimum Gasteiger partial charge on any atom is -0.506 e. The van der Waals surface area contributed by atoms with Gasteiger partial charge < -0.3 is 10.4 Å². The van der Waals surface area contributed by atoms with E-state index in [1.165, 1.54) is 6.07 Å². The second-order valence-electron chi connectivity index (χ2n) is 3.92. The fourth-order valence-electron chi connectivity index (χ4n) is 2.02. The van der Waals surface area contributed by atoms with Gasteiger partial charge in [-0.1, -0.05) is 0 Å². The Labute approximate surface area is 102 Å². The first-order valence-electron chi connectivity index (χ1n) is 5.24. The summed E-state index contributed by atoms with van der Waals surface area (Å²) in [7, 11) is 0. The van der Waals surface area contributed by atoms with E-state index >= 15 is 0 Å². The molecule has 7 heteroatoms. The highest BCUT2D eigenvalue weighted by atomic mass is 16.6. The van der Waals surface area contributed by atoms with Gasteiger partial charge in [-0.3, -0.25) is 14.9 Å². The Bertz CT molecular complexity index is 576. The molecule has 1 aliphatic heterocycles. The summed E-state index contributed by atoms with van der Waals surface area (Å²) in [6, 6.07) is 3.48. The van der Waals surface area contributed by atoms with E-state index < -0.39 is 16.7 Å². The zero-order chi connectivity index (χ0) is 13.3. The van der Waals surface area contributed by atoms with E-state index in [-0.39, 0.29) is 29.1 Å². The molecule has 0 radical (unpaired) electrons. The molecule has 92 valence electrons. The van der Waals surface area contributed by atoms with Crippen molar-refractivity contribution in [2.24, 2.45) is 0 Å². The van der Waals surface area contributed by atoms with E-state index in [0.717, 1.165) is 6.07 Å². The minimum absolute atomic E-state index is 0.00454. The van der Waals surface area contributed by atoms with Crippen molar-refractivity contribution in [2.45, 2.75) is 18.9 Å². The summed E-state index contributed by atoms with van der Waals surface area (Å²) in [5, 5.41) is 32.1. The molecule has 0 unspecified atom stereocenters. The van der Waals surface area contributed by atoms with Gasteiger partial charge in [0.1, 0.15) is 11.8 Å². The summed E-state index contributed by atoms with van der Waals surface area (Å²) in [5.74, 6) is -0.657. The van der Waals surface area contributed by atoms with Crippen molar-refractivity contribution < 1.29 is 14.8 Å². The van der Waals surface area contributed by atoms with Crippen molar-refractivity contribution in [3.05, 3.63) is 33.4 Å². The average molecular weight is 247 g/mol. The second-order valence-corrected chi connectivity index (χ2v) is 3.92. The van der Waals surface area contributed by atoms with Crippen LogP contribution in [0.3, 0.4) is 0 Å². The lowest BCUT2D eigenvalue weighted by Crippen LogP contribution is -2.19. The Morgan fingerprint density at radius 2 is 2.28 bits per heavy atom. The SMILES string of the molecule is N#Cc1ccc([N+](=O)[O-])c([C@@H]2CCC(=O)N2)c1O. The smallest absolute Gasteiger partial charge is 0.278 e. The van der Waals surface area contributed by atoms with Crippen LogP contribution in [0.2, 0.25) is 0 Å². The number of aromatic hydroxyl groups is 1. The fourth-order valence-corrected chi connectivity index (χ4v) is 2.02. The quantitative estimate of drug-likeness (QED) is 0.600. The zero-order valence-corrected chi connectivity index (χ0v) is 9.21. The van der Waals surface area contributed by atoms with Crippen LogP contribution in [0.5, 0.6) is 5.75 Å². The van der Waals surface area contributed by atoms with E-state index in [0.29, 0.717) is 6.42 Å². The summed E-state index contributed by atoms with van der Waals surface area (Å²) >= 11 is 0. The molecule has 1 atom stereocenters. The van der Waals surface area contributed by atoms with E-state index in [2.05, 4.69) is 5.32 Å². The molecule has 1 aliphatic rings. The lowest BCUT2D eigenvalue weighted by Gasteiger charge is -2.13. The number of hydrogen-bond acceptors (Lipinski definition) is 5. The number of nitrogens with zero attached hydrogens (tertiary/aromatic N) is 2. The van der Waals surface area contributed by atoms with E-state index in [4.69, 9.17) is 5.26 Å². The van der Waals surface area contributed by atoms with Gasteiger partial charge in [-0.05, 0) is 12.5 Å². The van der Waals surface area contributed by atoms with Crippen molar-refractivity contribution >= 4 is 11.6 Å². The monoisotopic (exact) mass is 247 g/mol. The van der Waals surface area contributed by atoms with Crippen LogP contribution in [0.1, 0.15) is 30.0 Å². The number of rotatable bonds is 2. The summed E-state index contributed by atoms with van der Waals surface area (Å²) in [6.07, 6.45) is 0.611. The summed E-state index contributed by atoms with van der Waals surface area (Å²) in [6.45, 7) is 0. The maximum absolute atomic E-state index is 11.1. The molecule has 2 N–H and O–H groups in total. The molecular formula is C11H9N3O4. The Morgan fingerprint density at radius 1 is 1.56 bits per heavy atom. The Kier molecular flexibility index (Phi) is 2.85. The van der Waals surface area contributed by atoms with E-state index in [1.807, 2.05) is 0 Å². The number of amides is 1. The molecule has 1 aromatic rings. The number of nitro groups is 1. The molecule has 1 saturated heterocycles. The lowest BCUT2D eigenvalue weighted by molar-refractivity contribution is -0.385. The summed E-state index contributed by atoms with van der Waals surface area (Å²) in [5.41, 5.74) is -0.333. The Balaban J connectivity index is 2.58. The molecule has 0 spiro atoms. The van der Waals surface area contributed by atoms with Crippen LogP contribution in [0.15, 0.2) is 12.1 Å². The van der Waals surface area contributed by atoms with Gasteiger partial charge >= 0.3 is 0 Å². The molecule has 1 heterocycles.